The molecular formula is C30H44O6. The fourth-order valence-corrected chi connectivity index (χ4v) is 7.79. The van der Waals surface area contributed by atoms with Crippen LogP contribution in [-0.2, 0) is 9.59 Å². The van der Waals surface area contributed by atoms with Crippen molar-refractivity contribution < 1.29 is 30.0 Å². The van der Waals surface area contributed by atoms with Crippen molar-refractivity contribution in [3.05, 3.63) is 47.1 Å². The Kier molecular flexibility index (Phi) is 8.12. The molecule has 0 aromatic carbocycles. The molecule has 3 rings (SSSR count). The van der Waals surface area contributed by atoms with Gasteiger partial charge < -0.3 is 20.4 Å². The molecule has 0 radical (unpaired) electrons. The molecule has 3 aliphatic carbocycles. The number of rotatable bonds is 10. The van der Waals surface area contributed by atoms with Gasteiger partial charge in [-0.1, -0.05) is 56.7 Å². The highest BCUT2D eigenvalue weighted by Crippen LogP contribution is 2.70. The monoisotopic (exact) mass is 500 g/mol. The molecule has 0 aromatic rings. The van der Waals surface area contributed by atoms with Crippen molar-refractivity contribution in [1.82, 2.24) is 0 Å². The highest BCUT2D eigenvalue weighted by Gasteiger charge is 2.65. The van der Waals surface area contributed by atoms with E-state index in [1.807, 2.05) is 19.9 Å². The summed E-state index contributed by atoms with van der Waals surface area (Å²) < 4.78 is 0. The number of aliphatic hydroxyl groups is 2. The van der Waals surface area contributed by atoms with Crippen molar-refractivity contribution in [2.45, 2.75) is 85.7 Å². The molecule has 0 heterocycles. The van der Waals surface area contributed by atoms with Crippen molar-refractivity contribution in [2.24, 2.45) is 34.0 Å². The van der Waals surface area contributed by atoms with Gasteiger partial charge in [-0.15, -0.1) is 0 Å². The standard InChI is InChI=1S/C30H44O6/c1-18(2)21-10-11-23-22(28(21,4)14-13-25(33)34)12-15-29(5)26(24(32)16-30(23,29)6)20(27(35)36)9-7-8-19(3)17-31/h8,11-12,20-21,24,26,31-32H,1,7,9-10,13-17H2,2-6H3,(H,33,34)(H,35,36)/b19-8-/t20-,21+,24-,26+,28+,29-,30+/m1/s1. The highest BCUT2D eigenvalue weighted by molar-refractivity contribution is 5.71. The number of aliphatic hydroxyl groups excluding tert-OH is 2. The van der Waals surface area contributed by atoms with Crippen LogP contribution in [0, 0.1) is 34.0 Å². The first-order valence-corrected chi connectivity index (χ1v) is 13.2. The van der Waals surface area contributed by atoms with Gasteiger partial charge >= 0.3 is 11.9 Å². The molecule has 0 spiro atoms. The van der Waals surface area contributed by atoms with Crippen LogP contribution < -0.4 is 0 Å². The second kappa shape index (κ2) is 10.3. The summed E-state index contributed by atoms with van der Waals surface area (Å²) in [6.07, 6.45) is 9.02. The second-order valence-electron chi connectivity index (χ2n) is 12.2. The fourth-order valence-electron chi connectivity index (χ4n) is 7.79. The van der Waals surface area contributed by atoms with E-state index in [4.69, 9.17) is 0 Å². The quantitative estimate of drug-likeness (QED) is 0.294. The van der Waals surface area contributed by atoms with E-state index >= 15 is 0 Å². The van der Waals surface area contributed by atoms with Gasteiger partial charge in [-0.3, -0.25) is 9.59 Å². The van der Waals surface area contributed by atoms with Gasteiger partial charge in [0.1, 0.15) is 0 Å². The van der Waals surface area contributed by atoms with Crippen LogP contribution in [0.2, 0.25) is 0 Å². The topological polar surface area (TPSA) is 115 Å². The highest BCUT2D eigenvalue weighted by atomic mass is 16.4. The third-order valence-corrected chi connectivity index (χ3v) is 10.0. The number of hydrogen-bond acceptors (Lipinski definition) is 4. The van der Waals surface area contributed by atoms with Gasteiger partial charge in [-0.25, -0.2) is 0 Å². The molecule has 36 heavy (non-hydrogen) atoms. The average Bonchev–Trinajstić information content (AvgIpc) is 3.00. The van der Waals surface area contributed by atoms with Crippen LogP contribution in [0.3, 0.4) is 0 Å². The summed E-state index contributed by atoms with van der Waals surface area (Å²) in [7, 11) is 0. The minimum atomic E-state index is -0.888. The maximum absolute atomic E-state index is 12.5. The number of carbonyl (C=O) groups is 2. The predicted molar refractivity (Wildman–Crippen MR) is 140 cm³/mol. The first-order valence-electron chi connectivity index (χ1n) is 13.2. The third-order valence-electron chi connectivity index (χ3n) is 10.0. The molecule has 0 bridgehead atoms. The maximum atomic E-state index is 12.5. The lowest BCUT2D eigenvalue weighted by Crippen LogP contribution is -2.48. The summed E-state index contributed by atoms with van der Waals surface area (Å²) in [5.41, 5.74) is 2.92. The Morgan fingerprint density at radius 2 is 1.83 bits per heavy atom. The number of fused-ring (bicyclic) bond motifs is 3. The lowest BCUT2D eigenvalue weighted by molar-refractivity contribution is -0.148. The van der Waals surface area contributed by atoms with Crippen molar-refractivity contribution in [3.63, 3.8) is 0 Å². The van der Waals surface area contributed by atoms with E-state index in [0.29, 0.717) is 32.1 Å². The molecule has 1 fully saturated rings. The normalized spacial score (nSPS) is 36.9. The summed E-state index contributed by atoms with van der Waals surface area (Å²) >= 11 is 0. The summed E-state index contributed by atoms with van der Waals surface area (Å²) in [5, 5.41) is 40.4. The van der Waals surface area contributed by atoms with Gasteiger partial charge in [-0.05, 0) is 80.3 Å². The maximum Gasteiger partial charge on any atom is 0.306 e. The fraction of sp³-hybridized carbons (Fsp3) is 0.667. The van der Waals surface area contributed by atoms with Crippen LogP contribution >= 0.6 is 0 Å². The first kappa shape index (κ1) is 28.4. The molecule has 6 heteroatoms. The SMILES string of the molecule is C=C(C)[C@@H]1CC=C2C(=CC[C@]3(C)[C@@H]([C@@H](CC/C=C(/C)CO)C(=O)O)[C@H](O)C[C@@]23C)[C@@]1(C)CCC(=O)O. The number of aliphatic carboxylic acids is 2. The van der Waals surface area contributed by atoms with E-state index in [2.05, 4.69) is 39.5 Å². The minimum Gasteiger partial charge on any atom is -0.481 e. The zero-order valence-corrected chi connectivity index (χ0v) is 22.5. The van der Waals surface area contributed by atoms with E-state index in [9.17, 15) is 30.0 Å². The van der Waals surface area contributed by atoms with Gasteiger partial charge in [0.05, 0.1) is 18.6 Å². The summed E-state index contributed by atoms with van der Waals surface area (Å²) in [6.45, 7) is 14.5. The predicted octanol–water partition coefficient (Wildman–Crippen LogP) is 5.52. The van der Waals surface area contributed by atoms with Crippen molar-refractivity contribution >= 4 is 11.9 Å². The van der Waals surface area contributed by atoms with E-state index in [0.717, 1.165) is 28.7 Å². The first-order chi connectivity index (χ1) is 16.7. The van der Waals surface area contributed by atoms with Gasteiger partial charge in [0.25, 0.3) is 0 Å². The molecule has 0 saturated heterocycles. The summed E-state index contributed by atoms with van der Waals surface area (Å²) in [6, 6.07) is 0. The van der Waals surface area contributed by atoms with Crippen LogP contribution in [0.15, 0.2) is 47.1 Å². The molecule has 0 unspecified atom stereocenters. The molecule has 3 aliphatic rings. The molecule has 0 aliphatic heterocycles. The zero-order chi connectivity index (χ0) is 27.1. The lowest BCUT2D eigenvalue weighted by Gasteiger charge is -2.56. The van der Waals surface area contributed by atoms with E-state index < -0.39 is 40.7 Å². The Bertz CT molecular complexity index is 1000. The van der Waals surface area contributed by atoms with Crippen LogP contribution in [0.5, 0.6) is 0 Å². The van der Waals surface area contributed by atoms with Gasteiger partial charge in [0.2, 0.25) is 0 Å². The van der Waals surface area contributed by atoms with Gasteiger partial charge in [0.15, 0.2) is 0 Å². The second-order valence-corrected chi connectivity index (χ2v) is 12.2. The summed E-state index contributed by atoms with van der Waals surface area (Å²) in [5.74, 6) is -2.68. The van der Waals surface area contributed by atoms with Crippen molar-refractivity contribution in [3.8, 4) is 0 Å². The molecule has 6 nitrogen and oxygen atoms in total. The molecule has 0 amide bonds. The Labute approximate surface area is 215 Å². The molecule has 7 atom stereocenters. The van der Waals surface area contributed by atoms with Crippen LogP contribution in [0.25, 0.3) is 0 Å². The number of allylic oxidation sites excluding steroid dienone is 6. The Morgan fingerprint density at radius 3 is 2.39 bits per heavy atom. The van der Waals surface area contributed by atoms with E-state index in [-0.39, 0.29) is 24.4 Å². The van der Waals surface area contributed by atoms with Gasteiger partial charge in [0, 0.05) is 17.8 Å². The molecule has 4 N–H and O–H groups in total. The lowest BCUT2D eigenvalue weighted by atomic mass is 9.48. The molecular weight excluding hydrogens is 456 g/mol. The van der Waals surface area contributed by atoms with Crippen molar-refractivity contribution in [1.29, 1.82) is 0 Å². The van der Waals surface area contributed by atoms with Crippen molar-refractivity contribution in [2.75, 3.05) is 6.61 Å². The Hall–Kier alpha value is -2.18. The smallest absolute Gasteiger partial charge is 0.306 e. The third kappa shape index (κ3) is 4.63. The Balaban J connectivity index is 2.04. The van der Waals surface area contributed by atoms with E-state index in [1.54, 1.807) is 0 Å². The number of carboxylic acid groups (broad SMARTS) is 2. The molecule has 0 aromatic heterocycles. The minimum absolute atomic E-state index is 0.0485. The Morgan fingerprint density at radius 1 is 1.17 bits per heavy atom. The van der Waals surface area contributed by atoms with Crippen LogP contribution in [-0.4, -0.2) is 45.1 Å². The van der Waals surface area contributed by atoms with Crippen LogP contribution in [0.1, 0.15) is 79.6 Å². The van der Waals surface area contributed by atoms with Crippen LogP contribution in [0.4, 0.5) is 0 Å². The van der Waals surface area contributed by atoms with Gasteiger partial charge in [-0.2, -0.15) is 0 Å². The number of hydrogen-bond donors (Lipinski definition) is 4. The van der Waals surface area contributed by atoms with E-state index in [1.165, 1.54) is 0 Å². The largest absolute Gasteiger partial charge is 0.481 e. The average molecular weight is 501 g/mol. The summed E-state index contributed by atoms with van der Waals surface area (Å²) in [4.78, 5) is 24.0. The molecule has 1 saturated carbocycles. The molecule has 200 valence electrons. The number of carboxylic acids is 2. The zero-order valence-electron chi connectivity index (χ0n) is 22.5.